The first-order valence-electron chi connectivity index (χ1n) is 30.4. The predicted molar refractivity (Wildman–Crippen MR) is 343 cm³/mol. The number of carbonyl (C=O) groups excluding carboxylic acids is 8. The zero-order chi connectivity index (χ0) is 67.7. The maximum Gasteiger partial charge on any atom is 0.255 e. The first kappa shape index (κ1) is 71.8. The summed E-state index contributed by atoms with van der Waals surface area (Å²) in [7, 11) is 0. The number of amides is 6. The van der Waals surface area contributed by atoms with Gasteiger partial charge in [-0.25, -0.2) is 0 Å². The van der Waals surface area contributed by atoms with Gasteiger partial charge >= 0.3 is 0 Å². The molecule has 26 N–H and O–H groups in total. The lowest BCUT2D eigenvalue weighted by atomic mass is 9.54. The van der Waals surface area contributed by atoms with Gasteiger partial charge in [-0.2, -0.15) is 0 Å². The Bertz CT molecular complexity index is 3400. The molecular formula is C60H85N19O13S. The van der Waals surface area contributed by atoms with Crippen LogP contribution in [0.3, 0.4) is 0 Å². The fourth-order valence-electron chi connectivity index (χ4n) is 12.5. The van der Waals surface area contributed by atoms with Crippen molar-refractivity contribution in [3.8, 4) is 0 Å². The van der Waals surface area contributed by atoms with Crippen LogP contribution in [0.1, 0.15) is 85.2 Å². The zero-order valence-corrected chi connectivity index (χ0v) is 52.0. The largest absolute Gasteiger partial charge is 0.394 e. The van der Waals surface area contributed by atoms with Crippen molar-refractivity contribution in [3.63, 3.8) is 0 Å². The number of fused-ring (bicyclic) bond motifs is 2. The van der Waals surface area contributed by atoms with Crippen molar-refractivity contribution in [2.75, 3.05) is 52.4 Å². The molecule has 0 spiro atoms. The highest BCUT2D eigenvalue weighted by atomic mass is 32.1. The average molecular weight is 1310 g/mol. The fourth-order valence-corrected chi connectivity index (χ4v) is 13.3. The number of aromatic nitrogens is 1. The summed E-state index contributed by atoms with van der Waals surface area (Å²) in [5.41, 5.74) is 39.8. The van der Waals surface area contributed by atoms with E-state index in [9.17, 15) is 39.9 Å². The molecule has 6 amide bonds. The molecule has 3 aliphatic heterocycles. The van der Waals surface area contributed by atoms with Crippen molar-refractivity contribution in [2.24, 2.45) is 66.3 Å². The lowest BCUT2D eigenvalue weighted by Gasteiger charge is -2.57. The molecule has 0 aliphatic carbocycles. The van der Waals surface area contributed by atoms with Gasteiger partial charge in [-0.3, -0.25) is 63.2 Å². The first-order valence-corrected chi connectivity index (χ1v) is 31.3. The van der Waals surface area contributed by atoms with Crippen molar-refractivity contribution in [1.82, 2.24) is 41.4 Å². The summed E-state index contributed by atoms with van der Waals surface area (Å²) in [6, 6.07) is 6.00. The minimum atomic E-state index is -4.09. The lowest BCUT2D eigenvalue weighted by molar-refractivity contribution is -0.227. The van der Waals surface area contributed by atoms with Crippen LogP contribution in [-0.4, -0.2) is 212 Å². The van der Waals surface area contributed by atoms with Gasteiger partial charge < -0.3 is 103 Å². The molecule has 3 aliphatic rings. The smallest absolute Gasteiger partial charge is 0.255 e. The first-order chi connectivity index (χ1) is 44.4. The second kappa shape index (κ2) is 32.8. The lowest BCUT2D eigenvalue weighted by Crippen LogP contribution is -2.81. The van der Waals surface area contributed by atoms with E-state index < -0.39 is 163 Å². The van der Waals surface area contributed by atoms with Crippen molar-refractivity contribution in [1.29, 1.82) is 0 Å². The Kier molecular flexibility index (Phi) is 25.3. The van der Waals surface area contributed by atoms with Crippen LogP contribution in [0.15, 0.2) is 93.3 Å². The highest BCUT2D eigenvalue weighted by Gasteiger charge is 2.75. The number of aliphatic hydroxyl groups excluding tert-OH is 4. The molecule has 4 aromatic rings. The number of likely N-dealkylation sites (tertiary alicyclic amines) is 1. The average Bonchev–Trinajstić information content (AvgIpc) is 1.69. The third kappa shape index (κ3) is 16.6. The Morgan fingerprint density at radius 1 is 0.785 bits per heavy atom. The highest BCUT2D eigenvalue weighted by molar-refractivity contribution is 7.09. The van der Waals surface area contributed by atoms with Crippen LogP contribution in [0, 0.1) is 5.41 Å². The zero-order valence-electron chi connectivity index (χ0n) is 51.2. The Morgan fingerprint density at radius 3 is 2.10 bits per heavy atom. The molecule has 0 saturated carbocycles. The number of Topliss-reactive ketones (excluding diaryl/α,β-unsaturated/α-hetero) is 2. The topological polar surface area (TPSA) is 562 Å². The second-order valence-electron chi connectivity index (χ2n) is 23.1. The van der Waals surface area contributed by atoms with E-state index in [4.69, 9.17) is 45.9 Å². The van der Waals surface area contributed by atoms with Gasteiger partial charge in [0, 0.05) is 62.1 Å². The third-order valence-corrected chi connectivity index (χ3v) is 17.9. The summed E-state index contributed by atoms with van der Waals surface area (Å²) in [5.74, 6) is -11.7. The summed E-state index contributed by atoms with van der Waals surface area (Å²) in [4.78, 5) is 144. The van der Waals surface area contributed by atoms with Gasteiger partial charge in [0.15, 0.2) is 41.3 Å². The number of aliphatic hydroxyl groups is 5. The quantitative estimate of drug-likeness (QED) is 0.00937. The number of carbonyl (C=O) groups is 8. The number of guanidine groups is 3. The number of β-amino-alcohol motifs (C(OH)–C–C–N with tert-alkyl or cyclic N) is 1. The summed E-state index contributed by atoms with van der Waals surface area (Å²) in [5, 5.41) is 77.9. The van der Waals surface area contributed by atoms with Gasteiger partial charge in [-0.05, 0) is 91.8 Å². The Hall–Kier alpha value is -8.64. The molecule has 7 rings (SSSR count). The number of nitrogens with two attached hydrogens (primary N) is 8. The van der Waals surface area contributed by atoms with Crippen molar-refractivity contribution >= 4 is 87.0 Å². The third-order valence-electron chi connectivity index (χ3n) is 17.0. The van der Waals surface area contributed by atoms with Crippen molar-refractivity contribution in [2.45, 2.75) is 131 Å². The van der Waals surface area contributed by atoms with Crippen LogP contribution in [0.25, 0.3) is 10.8 Å². The standard InChI is InChI=1S/C60H85N19O13S/c61-38(14-5-20-71-56(63)64)50(86)76-40(15-6-21-72-57(65)66)53(89)78-25-7-16-43(78)47(83)60(55(91)92,79(44(82)30-75-52(88)41-27-34(81)29-74-41)54(90)42(31-80)77-51(87)39(62)28-35-11-8-26-93-35)59(19-24-73-58(67)68,48(84)45-36-12-3-1-9-32(36)17-22-69-45)49(85)46-37-13-4-2-10-33(37)18-23-70-46/h1-4,8-13,17,22,26,34,38-43,46,48,55,70,74,80-81,84,91-92H,5-7,14-16,18-21,23-25,27-31,61-62H2,(H,75,88)(H,76,86)(H,77,87)(H4,63,64,71)(H4,65,66,72)(H4,67,68,73)/t34-,38-,39+,40+,41+,42+,43+,46?,48?,59-,60-/m1/s1. The highest BCUT2D eigenvalue weighted by Crippen LogP contribution is 2.56. The minimum absolute atomic E-state index is 0.00560. The molecule has 5 heterocycles. The Morgan fingerprint density at radius 2 is 1.44 bits per heavy atom. The normalized spacial score (nSPS) is 19.8. The van der Waals surface area contributed by atoms with Crippen molar-refractivity contribution in [3.05, 3.63) is 100 Å². The molecule has 2 aromatic heterocycles. The molecule has 11 atom stereocenters. The second-order valence-corrected chi connectivity index (χ2v) is 24.1. The molecular weight excluding hydrogens is 1230 g/mol. The summed E-state index contributed by atoms with van der Waals surface area (Å²) < 4.78 is 0. The molecule has 2 saturated heterocycles. The molecule has 2 aromatic carbocycles. The molecule has 0 radical (unpaired) electrons. The maximum absolute atomic E-state index is 17.6. The van der Waals surface area contributed by atoms with Gasteiger partial charge in [0.25, 0.3) is 5.91 Å². The SMILES string of the molecule is NC(N)=NCCC[C@@H](N)C(=O)N[C@@H](CCCN=C(N)N)C(=O)N1CCC[C@H]1C(=O)[C@](C(O)O)(N(C(=O)CNC(=O)[C@@H]1C[C@@H](O)CN1)C(=O)[C@H](CO)NC(=O)[C@@H](N)Cc1cccs1)[C@@](CCN=C(N)N)(C(=O)C1NCCc2ccccc21)C(O)c1nccc2ccccc12. The van der Waals surface area contributed by atoms with Crippen LogP contribution in [0.5, 0.6) is 0 Å². The van der Waals surface area contributed by atoms with Crippen molar-refractivity contribution < 1.29 is 63.9 Å². The van der Waals surface area contributed by atoms with Gasteiger partial charge in [0.05, 0.1) is 55.2 Å². The van der Waals surface area contributed by atoms with E-state index in [1.807, 2.05) is 0 Å². The van der Waals surface area contributed by atoms with E-state index in [1.54, 1.807) is 66.0 Å². The molecule has 32 nitrogen and oxygen atoms in total. The number of aliphatic imine (C=N–C) groups is 3. The molecule has 93 heavy (non-hydrogen) atoms. The molecule has 0 bridgehead atoms. The van der Waals surface area contributed by atoms with E-state index in [0.717, 1.165) is 4.90 Å². The molecule has 2 fully saturated rings. The molecule has 504 valence electrons. The monoisotopic (exact) mass is 1310 g/mol. The summed E-state index contributed by atoms with van der Waals surface area (Å²) >= 11 is 1.24. The van der Waals surface area contributed by atoms with Gasteiger partial charge in [0.1, 0.15) is 23.6 Å². The number of nitrogens with zero attached hydrogens (tertiary/aromatic N) is 6. The molecule has 33 heteroatoms. The van der Waals surface area contributed by atoms with Crippen LogP contribution in [-0.2, 0) is 51.2 Å². The number of nitrogens with one attached hydrogen (secondary N) is 5. The van der Waals surface area contributed by atoms with Gasteiger partial charge in [-0.1, -0.05) is 54.6 Å². The number of hydrogen-bond acceptors (Lipinski definition) is 22. The number of ketones is 2. The fraction of sp³-hybridized carbons (Fsp3) is 0.500. The van der Waals surface area contributed by atoms with E-state index in [1.165, 1.54) is 23.6 Å². The van der Waals surface area contributed by atoms with Crippen LogP contribution < -0.4 is 72.5 Å². The van der Waals surface area contributed by atoms with Gasteiger partial charge in [0.2, 0.25) is 29.5 Å². The minimum Gasteiger partial charge on any atom is -0.394 e. The Balaban J connectivity index is 1.56. The number of rotatable bonds is 32. The van der Waals surface area contributed by atoms with Gasteiger partial charge in [-0.15, -0.1) is 11.3 Å². The van der Waals surface area contributed by atoms with E-state index >= 15 is 24.0 Å². The van der Waals surface area contributed by atoms with E-state index in [2.05, 4.69) is 46.5 Å². The summed E-state index contributed by atoms with van der Waals surface area (Å²) in [6.07, 6.45) is -7.76. The predicted octanol–water partition coefficient (Wildman–Crippen LogP) is -5.79. The Labute approximate surface area is 539 Å². The van der Waals surface area contributed by atoms with Crippen LogP contribution in [0.2, 0.25) is 0 Å². The van der Waals surface area contributed by atoms with E-state index in [-0.39, 0.29) is 105 Å². The van der Waals surface area contributed by atoms with E-state index in [0.29, 0.717) is 22.2 Å². The number of hydrogen-bond donors (Lipinski definition) is 18. The summed E-state index contributed by atoms with van der Waals surface area (Å²) in [6.45, 7) is -4.03. The number of imide groups is 1. The number of thiophene rings is 1. The van der Waals surface area contributed by atoms with Crippen LogP contribution in [0.4, 0.5) is 0 Å². The van der Waals surface area contributed by atoms with Crippen LogP contribution >= 0.6 is 11.3 Å². The molecule has 2 unspecified atom stereocenters. The maximum atomic E-state index is 17.6. The number of pyridine rings is 1. The number of benzene rings is 2.